The van der Waals surface area contributed by atoms with E-state index in [1.807, 2.05) is 30.5 Å². The van der Waals surface area contributed by atoms with Crippen LogP contribution < -0.4 is 5.32 Å². The van der Waals surface area contributed by atoms with Crippen molar-refractivity contribution in [2.45, 2.75) is 46.6 Å². The Labute approximate surface area is 144 Å². The Balaban J connectivity index is 2.09. The molecule has 0 atom stereocenters. The van der Waals surface area contributed by atoms with Crippen molar-refractivity contribution in [1.82, 2.24) is 14.4 Å². The maximum atomic E-state index is 4.82. The van der Waals surface area contributed by atoms with Gasteiger partial charge in [-0.2, -0.15) is 0 Å². The molecule has 1 N–H and O–H groups in total. The summed E-state index contributed by atoms with van der Waals surface area (Å²) in [7, 11) is 0. The number of pyridine rings is 2. The summed E-state index contributed by atoms with van der Waals surface area (Å²) < 4.78 is 2.12. The number of anilines is 1. The Kier molecular flexibility index (Phi) is 4.08. The highest BCUT2D eigenvalue weighted by Gasteiger charge is 2.27. The molecule has 0 spiro atoms. The lowest BCUT2D eigenvalue weighted by Gasteiger charge is -2.34. The summed E-state index contributed by atoms with van der Waals surface area (Å²) in [5.41, 5.74) is 3.09. The van der Waals surface area contributed by atoms with Crippen molar-refractivity contribution in [2.24, 2.45) is 5.41 Å². The van der Waals surface area contributed by atoms with Crippen LogP contribution in [0.5, 0.6) is 0 Å². The first-order valence-corrected chi connectivity index (χ1v) is 8.41. The molecular formula is C20H26N4. The van der Waals surface area contributed by atoms with Gasteiger partial charge in [0, 0.05) is 29.7 Å². The lowest BCUT2D eigenvalue weighted by Crippen LogP contribution is -2.36. The predicted molar refractivity (Wildman–Crippen MR) is 100 cm³/mol. The number of hydrogen-bond acceptors (Lipinski definition) is 3. The normalized spacial score (nSPS) is 12.5. The number of nitrogens with one attached hydrogen (secondary N) is 1. The van der Waals surface area contributed by atoms with Crippen LogP contribution in [0.2, 0.25) is 0 Å². The molecule has 3 rings (SSSR count). The average Bonchev–Trinajstić information content (AvgIpc) is 2.84. The third-order valence-corrected chi connectivity index (χ3v) is 3.89. The first-order chi connectivity index (χ1) is 11.3. The Morgan fingerprint density at radius 3 is 2.50 bits per heavy atom. The number of aromatic nitrogens is 3. The molecule has 0 amide bonds. The standard InChI is InChI=1S/C20H26N4/c1-19(2,3)14-20(4,5)23-18-17(15-9-8-11-21-13-15)22-16-10-6-7-12-24(16)18/h6-13,23H,14H2,1-5H3. The molecule has 0 aliphatic rings. The largest absolute Gasteiger partial charge is 0.364 e. The zero-order valence-electron chi connectivity index (χ0n) is 15.2. The van der Waals surface area contributed by atoms with E-state index >= 15 is 0 Å². The fourth-order valence-electron chi connectivity index (χ4n) is 3.51. The maximum absolute atomic E-state index is 4.82. The van der Waals surface area contributed by atoms with E-state index < -0.39 is 0 Å². The van der Waals surface area contributed by atoms with Gasteiger partial charge in [0.1, 0.15) is 17.2 Å². The lowest BCUT2D eigenvalue weighted by atomic mass is 9.82. The molecule has 0 fully saturated rings. The van der Waals surface area contributed by atoms with Crippen LogP contribution in [0, 0.1) is 5.41 Å². The van der Waals surface area contributed by atoms with E-state index in [9.17, 15) is 0 Å². The van der Waals surface area contributed by atoms with Crippen LogP contribution >= 0.6 is 0 Å². The molecule has 0 saturated carbocycles. The first kappa shape index (κ1) is 16.5. The zero-order valence-corrected chi connectivity index (χ0v) is 15.2. The van der Waals surface area contributed by atoms with Gasteiger partial charge in [0.15, 0.2) is 0 Å². The summed E-state index contributed by atoms with van der Waals surface area (Å²) in [6.45, 7) is 11.3. The summed E-state index contributed by atoms with van der Waals surface area (Å²) in [5.74, 6) is 1.02. The number of fused-ring (bicyclic) bond motifs is 1. The Morgan fingerprint density at radius 2 is 1.83 bits per heavy atom. The lowest BCUT2D eigenvalue weighted by molar-refractivity contribution is 0.302. The van der Waals surface area contributed by atoms with Crippen molar-refractivity contribution in [2.75, 3.05) is 5.32 Å². The van der Waals surface area contributed by atoms with E-state index in [1.165, 1.54) is 0 Å². The predicted octanol–water partition coefficient (Wildman–Crippen LogP) is 5.02. The van der Waals surface area contributed by atoms with Crippen molar-refractivity contribution in [3.8, 4) is 11.3 Å². The fraction of sp³-hybridized carbons (Fsp3) is 0.400. The number of nitrogens with zero attached hydrogens (tertiary/aromatic N) is 3. The molecule has 3 heterocycles. The number of imidazole rings is 1. The first-order valence-electron chi connectivity index (χ1n) is 8.41. The van der Waals surface area contributed by atoms with Gasteiger partial charge in [-0.3, -0.25) is 9.38 Å². The summed E-state index contributed by atoms with van der Waals surface area (Å²) in [6, 6.07) is 10.1. The SMILES string of the molecule is CC(C)(C)CC(C)(C)Nc1c(-c2cccnc2)nc2ccccn12. The molecule has 0 aliphatic carbocycles. The van der Waals surface area contributed by atoms with Gasteiger partial charge in [0.05, 0.1) is 0 Å². The van der Waals surface area contributed by atoms with Crippen LogP contribution in [-0.2, 0) is 0 Å². The van der Waals surface area contributed by atoms with Crippen LogP contribution in [0.3, 0.4) is 0 Å². The molecule has 4 nitrogen and oxygen atoms in total. The molecule has 0 radical (unpaired) electrons. The monoisotopic (exact) mass is 322 g/mol. The van der Waals surface area contributed by atoms with Gasteiger partial charge < -0.3 is 5.32 Å². The maximum Gasteiger partial charge on any atom is 0.139 e. The van der Waals surface area contributed by atoms with Gasteiger partial charge in [0.25, 0.3) is 0 Å². The smallest absolute Gasteiger partial charge is 0.139 e. The molecule has 0 saturated heterocycles. The molecule has 0 bridgehead atoms. The molecule has 4 heteroatoms. The van der Waals surface area contributed by atoms with Gasteiger partial charge in [-0.25, -0.2) is 4.98 Å². The van der Waals surface area contributed by atoms with Gasteiger partial charge in [0.2, 0.25) is 0 Å². The highest BCUT2D eigenvalue weighted by atomic mass is 15.2. The zero-order chi connectivity index (χ0) is 17.4. The van der Waals surface area contributed by atoms with Crippen molar-refractivity contribution in [1.29, 1.82) is 0 Å². The highest BCUT2D eigenvalue weighted by Crippen LogP contribution is 2.34. The van der Waals surface area contributed by atoms with Crippen molar-refractivity contribution in [3.63, 3.8) is 0 Å². The molecule has 3 aromatic rings. The molecular weight excluding hydrogens is 296 g/mol. The van der Waals surface area contributed by atoms with Crippen LogP contribution in [0.1, 0.15) is 41.0 Å². The van der Waals surface area contributed by atoms with E-state index in [4.69, 9.17) is 4.98 Å². The van der Waals surface area contributed by atoms with Crippen LogP contribution in [-0.4, -0.2) is 19.9 Å². The second-order valence-electron chi connectivity index (χ2n) is 8.23. The van der Waals surface area contributed by atoms with Crippen LogP contribution in [0.15, 0.2) is 48.9 Å². The molecule has 3 aromatic heterocycles. The van der Waals surface area contributed by atoms with Gasteiger partial charge in [-0.1, -0.05) is 26.8 Å². The summed E-state index contributed by atoms with van der Waals surface area (Å²) in [4.78, 5) is 9.08. The van der Waals surface area contributed by atoms with Crippen LogP contribution in [0.25, 0.3) is 16.9 Å². The second kappa shape index (κ2) is 5.93. The highest BCUT2D eigenvalue weighted by molar-refractivity contribution is 5.76. The molecule has 0 aromatic carbocycles. The molecule has 0 unspecified atom stereocenters. The van der Waals surface area contributed by atoms with E-state index in [2.05, 4.69) is 61.6 Å². The third-order valence-electron chi connectivity index (χ3n) is 3.89. The topological polar surface area (TPSA) is 42.2 Å². The van der Waals surface area contributed by atoms with Gasteiger partial charge >= 0.3 is 0 Å². The summed E-state index contributed by atoms with van der Waals surface area (Å²) in [6.07, 6.45) is 6.75. The Hall–Kier alpha value is -2.36. The minimum absolute atomic E-state index is 0.0545. The van der Waals surface area contributed by atoms with E-state index in [0.717, 1.165) is 29.1 Å². The van der Waals surface area contributed by atoms with E-state index in [0.29, 0.717) is 0 Å². The average molecular weight is 322 g/mol. The molecule has 24 heavy (non-hydrogen) atoms. The fourth-order valence-corrected chi connectivity index (χ4v) is 3.51. The Morgan fingerprint density at radius 1 is 1.04 bits per heavy atom. The quantitative estimate of drug-likeness (QED) is 0.733. The van der Waals surface area contributed by atoms with Crippen molar-refractivity contribution < 1.29 is 0 Å². The van der Waals surface area contributed by atoms with Crippen molar-refractivity contribution in [3.05, 3.63) is 48.9 Å². The summed E-state index contributed by atoms with van der Waals surface area (Å²) >= 11 is 0. The number of hydrogen-bond donors (Lipinski definition) is 1. The Bertz CT molecular complexity index is 826. The molecule has 126 valence electrons. The van der Waals surface area contributed by atoms with E-state index in [-0.39, 0.29) is 11.0 Å². The van der Waals surface area contributed by atoms with Crippen molar-refractivity contribution >= 4 is 11.5 Å². The van der Waals surface area contributed by atoms with Gasteiger partial charge in [-0.15, -0.1) is 0 Å². The number of rotatable bonds is 4. The van der Waals surface area contributed by atoms with Crippen LogP contribution in [0.4, 0.5) is 5.82 Å². The van der Waals surface area contributed by atoms with E-state index in [1.54, 1.807) is 6.20 Å². The minimum atomic E-state index is -0.0545. The third kappa shape index (κ3) is 3.58. The summed E-state index contributed by atoms with van der Waals surface area (Å²) in [5, 5.41) is 3.74. The van der Waals surface area contributed by atoms with Gasteiger partial charge in [-0.05, 0) is 49.9 Å². The second-order valence-corrected chi connectivity index (χ2v) is 8.23. The molecule has 0 aliphatic heterocycles. The minimum Gasteiger partial charge on any atom is -0.364 e.